The molecule has 2 saturated heterocycles. The molecule has 2 heterocycles. The van der Waals surface area contributed by atoms with Gasteiger partial charge < -0.3 is 10.1 Å². The van der Waals surface area contributed by atoms with Crippen LogP contribution in [0.3, 0.4) is 0 Å². The number of esters is 1. The average Bonchev–Trinajstić information content (AvgIpc) is 2.97. The van der Waals surface area contributed by atoms with Crippen molar-refractivity contribution in [3.63, 3.8) is 0 Å². The number of nitrogens with one attached hydrogen (secondary N) is 1. The van der Waals surface area contributed by atoms with Gasteiger partial charge in [-0.25, -0.2) is 16.8 Å². The molecule has 0 spiro atoms. The lowest BCUT2D eigenvalue weighted by molar-refractivity contribution is -0.149. The van der Waals surface area contributed by atoms with Gasteiger partial charge in [-0.05, 0) is 69.0 Å². The molecule has 212 valence electrons. The minimum absolute atomic E-state index is 0.0233. The maximum Gasteiger partial charge on any atom is 0.309 e. The number of carbonyl (C=O) groups is 2. The van der Waals surface area contributed by atoms with E-state index in [1.165, 1.54) is 38.9 Å². The fourth-order valence-corrected chi connectivity index (χ4v) is 7.89. The standard InChI is InChI=1S/C27H35N3O7S2/c1-2-37-27(32)21-13-17-30(18-14-21)39(35,36)25-8-6-7-22(19-25)26(31)20-28-23-9-11-24(12-10-23)38(33,34)29-15-4-3-5-16-29/h6-12,19,21,28H,2-5,13-18,20H2,1H3. The van der Waals surface area contributed by atoms with Crippen molar-refractivity contribution in [1.82, 2.24) is 8.61 Å². The predicted molar refractivity (Wildman–Crippen MR) is 146 cm³/mol. The summed E-state index contributed by atoms with van der Waals surface area (Å²) in [5, 5.41) is 2.99. The van der Waals surface area contributed by atoms with Crippen molar-refractivity contribution in [2.45, 2.75) is 48.8 Å². The number of nitrogens with zero attached hydrogens (tertiary/aromatic N) is 2. The van der Waals surface area contributed by atoms with Crippen molar-refractivity contribution in [2.75, 3.05) is 44.6 Å². The van der Waals surface area contributed by atoms with Gasteiger partial charge >= 0.3 is 5.97 Å². The number of ketones is 1. The summed E-state index contributed by atoms with van der Waals surface area (Å²) in [5.41, 5.74) is 0.823. The first-order chi connectivity index (χ1) is 18.6. The van der Waals surface area contributed by atoms with Gasteiger partial charge in [0.1, 0.15) is 0 Å². The maximum absolute atomic E-state index is 13.2. The molecule has 10 nitrogen and oxygen atoms in total. The molecule has 2 fully saturated rings. The maximum atomic E-state index is 13.2. The lowest BCUT2D eigenvalue weighted by atomic mass is 9.98. The van der Waals surface area contributed by atoms with Crippen molar-refractivity contribution in [2.24, 2.45) is 5.92 Å². The van der Waals surface area contributed by atoms with Crippen molar-refractivity contribution in [3.05, 3.63) is 54.1 Å². The molecule has 1 N–H and O–H groups in total. The Morgan fingerprint density at radius 1 is 0.846 bits per heavy atom. The molecular formula is C27H35N3O7S2. The third-order valence-corrected chi connectivity index (χ3v) is 10.9. The minimum atomic E-state index is -3.83. The second-order valence-electron chi connectivity index (χ2n) is 9.72. The van der Waals surface area contributed by atoms with Gasteiger partial charge in [-0.3, -0.25) is 9.59 Å². The van der Waals surface area contributed by atoms with Gasteiger partial charge in [0.25, 0.3) is 0 Å². The number of sulfonamides is 2. The summed E-state index contributed by atoms with van der Waals surface area (Å²) in [6.07, 6.45) is 3.53. The molecule has 2 aromatic rings. The van der Waals surface area contributed by atoms with E-state index in [-0.39, 0.29) is 52.7 Å². The summed E-state index contributed by atoms with van der Waals surface area (Å²) in [6.45, 7) is 3.39. The molecule has 2 aromatic carbocycles. The fourth-order valence-electron chi connectivity index (χ4n) is 4.85. The molecule has 2 aliphatic rings. The van der Waals surface area contributed by atoms with E-state index in [0.29, 0.717) is 38.2 Å². The largest absolute Gasteiger partial charge is 0.466 e. The van der Waals surface area contributed by atoms with E-state index in [0.717, 1.165) is 19.3 Å². The fraction of sp³-hybridized carbons (Fsp3) is 0.481. The first kappa shape index (κ1) is 29.2. The molecule has 4 rings (SSSR count). The third kappa shape index (κ3) is 6.86. The van der Waals surface area contributed by atoms with Crippen LogP contribution in [-0.2, 0) is 29.6 Å². The molecule has 0 bridgehead atoms. The van der Waals surface area contributed by atoms with E-state index in [2.05, 4.69) is 5.32 Å². The molecule has 0 unspecified atom stereocenters. The summed E-state index contributed by atoms with van der Waals surface area (Å²) in [6, 6.07) is 12.2. The van der Waals surface area contributed by atoms with Crippen LogP contribution >= 0.6 is 0 Å². The summed E-state index contributed by atoms with van der Waals surface area (Å²) in [7, 11) is -7.36. The predicted octanol–water partition coefficient (Wildman–Crippen LogP) is 3.12. The molecule has 2 aliphatic heterocycles. The smallest absolute Gasteiger partial charge is 0.309 e. The van der Waals surface area contributed by atoms with Crippen molar-refractivity contribution in [3.8, 4) is 0 Å². The molecule has 0 aliphatic carbocycles. The zero-order valence-corrected chi connectivity index (χ0v) is 23.7. The van der Waals surface area contributed by atoms with Crippen LogP contribution in [0.25, 0.3) is 0 Å². The van der Waals surface area contributed by atoms with Crippen LogP contribution in [0.5, 0.6) is 0 Å². The van der Waals surface area contributed by atoms with Gasteiger partial charge in [-0.2, -0.15) is 8.61 Å². The van der Waals surface area contributed by atoms with Crippen molar-refractivity contribution in [1.29, 1.82) is 0 Å². The Balaban J connectivity index is 1.36. The lowest BCUT2D eigenvalue weighted by Gasteiger charge is -2.30. The number of benzene rings is 2. The molecule has 12 heteroatoms. The Kier molecular flexibility index (Phi) is 9.42. The SMILES string of the molecule is CCOC(=O)C1CCN(S(=O)(=O)c2cccc(C(=O)CNc3ccc(S(=O)(=O)N4CCCCC4)cc3)c2)CC1. The highest BCUT2D eigenvalue weighted by Crippen LogP contribution is 2.26. The number of hydrogen-bond acceptors (Lipinski definition) is 8. The van der Waals surface area contributed by atoms with Crippen LogP contribution in [0.4, 0.5) is 5.69 Å². The topological polar surface area (TPSA) is 130 Å². The summed E-state index contributed by atoms with van der Waals surface area (Å²) in [5.74, 6) is -0.916. The molecule has 0 amide bonds. The van der Waals surface area contributed by atoms with Crippen molar-refractivity contribution < 1.29 is 31.2 Å². The van der Waals surface area contributed by atoms with Gasteiger partial charge in [0.05, 0.1) is 28.9 Å². The Morgan fingerprint density at radius 3 is 2.10 bits per heavy atom. The second-order valence-corrected chi connectivity index (χ2v) is 13.6. The number of rotatable bonds is 10. The third-order valence-electron chi connectivity index (χ3n) is 7.13. The van der Waals surface area contributed by atoms with E-state index in [9.17, 15) is 26.4 Å². The molecule has 39 heavy (non-hydrogen) atoms. The molecule has 0 aromatic heterocycles. The Bertz CT molecular complexity index is 1380. The highest BCUT2D eigenvalue weighted by Gasteiger charge is 2.33. The Morgan fingerprint density at radius 2 is 1.46 bits per heavy atom. The number of Topliss-reactive ketones (excluding diaryl/α,β-unsaturated/α-hetero) is 1. The lowest BCUT2D eigenvalue weighted by Crippen LogP contribution is -2.40. The number of anilines is 1. The second kappa shape index (κ2) is 12.6. The Hall–Kier alpha value is -2.80. The van der Waals surface area contributed by atoms with Crippen LogP contribution in [0, 0.1) is 5.92 Å². The van der Waals surface area contributed by atoms with E-state index in [1.807, 2.05) is 0 Å². The van der Waals surface area contributed by atoms with Gasteiger partial charge in [-0.1, -0.05) is 18.6 Å². The van der Waals surface area contributed by atoms with Gasteiger partial charge in [0.15, 0.2) is 5.78 Å². The molecule has 0 atom stereocenters. The van der Waals surface area contributed by atoms with Crippen LogP contribution in [-0.4, -0.2) is 76.5 Å². The van der Waals surface area contributed by atoms with Crippen molar-refractivity contribution >= 4 is 37.5 Å². The van der Waals surface area contributed by atoms with Crippen LogP contribution in [0.2, 0.25) is 0 Å². The quantitative estimate of drug-likeness (QED) is 0.337. The zero-order chi connectivity index (χ0) is 28.0. The van der Waals surface area contributed by atoms with Crippen LogP contribution in [0.15, 0.2) is 58.3 Å². The normalized spacial score (nSPS) is 18.0. The molecule has 0 radical (unpaired) electrons. The molecule has 0 saturated carbocycles. The summed E-state index contributed by atoms with van der Waals surface area (Å²) >= 11 is 0. The van der Waals surface area contributed by atoms with Gasteiger partial charge in [0, 0.05) is 37.4 Å². The number of hydrogen-bond donors (Lipinski definition) is 1. The van der Waals surface area contributed by atoms with Gasteiger partial charge in [-0.15, -0.1) is 0 Å². The van der Waals surface area contributed by atoms with E-state index < -0.39 is 20.0 Å². The molecular weight excluding hydrogens is 542 g/mol. The van der Waals surface area contributed by atoms with Crippen LogP contribution in [0.1, 0.15) is 49.4 Å². The zero-order valence-electron chi connectivity index (χ0n) is 22.0. The Labute approximate surface area is 230 Å². The van der Waals surface area contributed by atoms with Crippen LogP contribution < -0.4 is 5.32 Å². The van der Waals surface area contributed by atoms with E-state index in [1.54, 1.807) is 25.1 Å². The number of piperidine rings is 2. The van der Waals surface area contributed by atoms with E-state index >= 15 is 0 Å². The van der Waals surface area contributed by atoms with Gasteiger partial charge in [0.2, 0.25) is 20.0 Å². The highest BCUT2D eigenvalue weighted by molar-refractivity contribution is 7.89. The first-order valence-corrected chi connectivity index (χ1v) is 16.1. The monoisotopic (exact) mass is 577 g/mol. The highest BCUT2D eigenvalue weighted by atomic mass is 32.2. The summed E-state index contributed by atoms with van der Waals surface area (Å²) in [4.78, 5) is 25.1. The number of ether oxygens (including phenoxy) is 1. The number of carbonyl (C=O) groups excluding carboxylic acids is 2. The minimum Gasteiger partial charge on any atom is -0.466 e. The van der Waals surface area contributed by atoms with E-state index in [4.69, 9.17) is 4.74 Å². The average molecular weight is 578 g/mol. The first-order valence-electron chi connectivity index (χ1n) is 13.3. The summed E-state index contributed by atoms with van der Waals surface area (Å²) < 4.78 is 60.0.